The molecule has 0 saturated carbocycles. The van der Waals surface area contributed by atoms with E-state index in [0.717, 1.165) is 0 Å². The molecule has 0 unspecified atom stereocenters. The van der Waals surface area contributed by atoms with E-state index in [2.05, 4.69) is 4.98 Å². The molecule has 0 fully saturated rings. The van der Waals surface area contributed by atoms with Gasteiger partial charge in [-0.05, 0) is 12.1 Å². The van der Waals surface area contributed by atoms with Crippen LogP contribution in [0.5, 0.6) is 0 Å². The third-order valence-corrected chi connectivity index (χ3v) is 2.96. The number of hydrogen-bond donors (Lipinski definition) is 1. The van der Waals surface area contributed by atoms with E-state index in [0.29, 0.717) is 21.3 Å². The van der Waals surface area contributed by atoms with E-state index in [4.69, 9.17) is 17.3 Å². The normalized spacial score (nSPS) is 10.4. The van der Waals surface area contributed by atoms with E-state index in [1.165, 1.54) is 17.4 Å². The standard InChI is InChI=1S/C9H6ClFN2S/c10-5-2-1-3-6(11)7(5)8-9(12)13-4-14-8/h1-4H,12H2. The van der Waals surface area contributed by atoms with Crippen LogP contribution in [0.25, 0.3) is 10.4 Å². The Labute approximate surface area is 89.2 Å². The van der Waals surface area contributed by atoms with Crippen molar-refractivity contribution < 1.29 is 4.39 Å². The smallest absolute Gasteiger partial charge is 0.142 e. The van der Waals surface area contributed by atoms with Crippen LogP contribution in [-0.2, 0) is 0 Å². The minimum absolute atomic E-state index is 0.307. The van der Waals surface area contributed by atoms with Crippen LogP contribution in [0.4, 0.5) is 10.2 Å². The van der Waals surface area contributed by atoms with E-state index < -0.39 is 0 Å². The van der Waals surface area contributed by atoms with Gasteiger partial charge in [0.2, 0.25) is 0 Å². The molecule has 0 saturated heterocycles. The van der Waals surface area contributed by atoms with Crippen LogP contribution in [0.15, 0.2) is 23.7 Å². The fraction of sp³-hybridized carbons (Fsp3) is 0. The highest BCUT2D eigenvalue weighted by atomic mass is 35.5. The number of rotatable bonds is 1. The number of hydrogen-bond acceptors (Lipinski definition) is 3. The molecule has 2 aromatic rings. The van der Waals surface area contributed by atoms with Gasteiger partial charge in [-0.15, -0.1) is 11.3 Å². The predicted molar refractivity (Wildman–Crippen MR) is 56.9 cm³/mol. The van der Waals surface area contributed by atoms with Gasteiger partial charge in [0.25, 0.3) is 0 Å². The Balaban J connectivity index is 2.68. The lowest BCUT2D eigenvalue weighted by Crippen LogP contribution is -1.90. The maximum Gasteiger partial charge on any atom is 0.142 e. The minimum atomic E-state index is -0.381. The first-order valence-electron chi connectivity index (χ1n) is 3.83. The monoisotopic (exact) mass is 228 g/mol. The SMILES string of the molecule is Nc1ncsc1-c1c(F)cccc1Cl. The molecule has 1 aromatic heterocycles. The molecule has 1 aromatic carbocycles. The second-order valence-corrected chi connectivity index (χ2v) is 3.93. The van der Waals surface area contributed by atoms with Crippen molar-refractivity contribution in [2.24, 2.45) is 0 Å². The summed E-state index contributed by atoms with van der Waals surface area (Å²) in [6, 6.07) is 4.53. The van der Waals surface area contributed by atoms with Gasteiger partial charge >= 0.3 is 0 Å². The van der Waals surface area contributed by atoms with Gasteiger partial charge in [-0.1, -0.05) is 17.7 Å². The first-order chi connectivity index (χ1) is 6.70. The number of aromatic nitrogens is 1. The maximum absolute atomic E-state index is 13.4. The third-order valence-electron chi connectivity index (χ3n) is 1.78. The number of anilines is 1. The number of thiazole rings is 1. The van der Waals surface area contributed by atoms with Gasteiger partial charge in [-0.3, -0.25) is 0 Å². The van der Waals surface area contributed by atoms with Gasteiger partial charge in [-0.25, -0.2) is 9.37 Å². The van der Waals surface area contributed by atoms with Crippen molar-refractivity contribution in [1.29, 1.82) is 0 Å². The summed E-state index contributed by atoms with van der Waals surface area (Å²) in [5.74, 6) is -0.0737. The fourth-order valence-corrected chi connectivity index (χ4v) is 2.24. The highest BCUT2D eigenvalue weighted by molar-refractivity contribution is 7.14. The summed E-state index contributed by atoms with van der Waals surface area (Å²) in [5.41, 5.74) is 7.48. The molecule has 0 radical (unpaired) electrons. The molecule has 0 bridgehead atoms. The summed E-state index contributed by atoms with van der Waals surface area (Å²) in [6.07, 6.45) is 0. The summed E-state index contributed by atoms with van der Waals surface area (Å²) < 4.78 is 13.4. The molecule has 0 atom stereocenters. The van der Waals surface area contributed by atoms with Gasteiger partial charge < -0.3 is 5.73 Å². The van der Waals surface area contributed by atoms with Gasteiger partial charge in [0.15, 0.2) is 0 Å². The number of benzene rings is 1. The second kappa shape index (κ2) is 3.55. The van der Waals surface area contributed by atoms with Crippen LogP contribution in [0.1, 0.15) is 0 Å². The van der Waals surface area contributed by atoms with Crippen molar-refractivity contribution in [3.8, 4) is 10.4 Å². The average Bonchev–Trinajstić information content (AvgIpc) is 2.52. The van der Waals surface area contributed by atoms with Crippen LogP contribution in [0.2, 0.25) is 5.02 Å². The van der Waals surface area contributed by atoms with Gasteiger partial charge in [0.05, 0.1) is 15.4 Å². The summed E-state index contributed by atoms with van der Waals surface area (Å²) in [7, 11) is 0. The van der Waals surface area contributed by atoms with E-state index in [-0.39, 0.29) is 5.82 Å². The Morgan fingerprint density at radius 3 is 2.79 bits per heavy atom. The average molecular weight is 229 g/mol. The van der Waals surface area contributed by atoms with Gasteiger partial charge in [0.1, 0.15) is 11.6 Å². The molecule has 0 spiro atoms. The number of nitrogens with zero attached hydrogens (tertiary/aromatic N) is 1. The molecular weight excluding hydrogens is 223 g/mol. The zero-order valence-electron chi connectivity index (χ0n) is 7.00. The van der Waals surface area contributed by atoms with Crippen LogP contribution < -0.4 is 5.73 Å². The quantitative estimate of drug-likeness (QED) is 0.814. The summed E-state index contributed by atoms with van der Waals surface area (Å²) >= 11 is 7.15. The van der Waals surface area contributed by atoms with Crippen molar-refractivity contribution in [2.75, 3.05) is 5.73 Å². The Morgan fingerprint density at radius 1 is 1.43 bits per heavy atom. The zero-order chi connectivity index (χ0) is 10.1. The molecule has 5 heteroatoms. The maximum atomic E-state index is 13.4. The number of nitrogens with two attached hydrogens (primary N) is 1. The first-order valence-corrected chi connectivity index (χ1v) is 5.09. The molecule has 0 aliphatic rings. The predicted octanol–water partition coefficient (Wildman–Crippen LogP) is 3.18. The molecule has 0 aliphatic carbocycles. The second-order valence-electron chi connectivity index (χ2n) is 2.66. The van der Waals surface area contributed by atoms with Crippen molar-refractivity contribution in [3.05, 3.63) is 34.5 Å². The molecule has 1 heterocycles. The first kappa shape index (κ1) is 9.43. The lowest BCUT2D eigenvalue weighted by molar-refractivity contribution is 0.632. The lowest BCUT2D eigenvalue weighted by atomic mass is 10.2. The topological polar surface area (TPSA) is 38.9 Å². The molecule has 72 valence electrons. The van der Waals surface area contributed by atoms with E-state index in [9.17, 15) is 4.39 Å². The molecule has 0 amide bonds. The van der Waals surface area contributed by atoms with E-state index in [1.807, 2.05) is 0 Å². The molecule has 2 rings (SSSR count). The van der Waals surface area contributed by atoms with Crippen molar-refractivity contribution in [2.45, 2.75) is 0 Å². The summed E-state index contributed by atoms with van der Waals surface area (Å²) in [6.45, 7) is 0. The largest absolute Gasteiger partial charge is 0.382 e. The summed E-state index contributed by atoms with van der Waals surface area (Å²) in [4.78, 5) is 4.42. The Bertz CT molecular complexity index is 449. The minimum Gasteiger partial charge on any atom is -0.382 e. The van der Waals surface area contributed by atoms with Gasteiger partial charge in [-0.2, -0.15) is 0 Å². The summed E-state index contributed by atoms with van der Waals surface area (Å²) in [5, 5.41) is 0.348. The van der Waals surface area contributed by atoms with E-state index >= 15 is 0 Å². The molecule has 14 heavy (non-hydrogen) atoms. The third kappa shape index (κ3) is 1.47. The lowest BCUT2D eigenvalue weighted by Gasteiger charge is -2.02. The molecule has 0 aliphatic heterocycles. The van der Waals surface area contributed by atoms with Crippen LogP contribution >= 0.6 is 22.9 Å². The van der Waals surface area contributed by atoms with Crippen LogP contribution in [0.3, 0.4) is 0 Å². The van der Waals surface area contributed by atoms with E-state index in [1.54, 1.807) is 17.6 Å². The Hall–Kier alpha value is -1.13. The Kier molecular flexibility index (Phi) is 2.39. The molecule has 2 nitrogen and oxygen atoms in total. The van der Waals surface area contributed by atoms with Crippen molar-refractivity contribution in [3.63, 3.8) is 0 Å². The number of halogens is 2. The van der Waals surface area contributed by atoms with Gasteiger partial charge in [0, 0.05) is 5.56 Å². The molecular formula is C9H6ClFN2S. The van der Waals surface area contributed by atoms with Crippen molar-refractivity contribution in [1.82, 2.24) is 4.98 Å². The Morgan fingerprint density at radius 2 is 2.21 bits per heavy atom. The van der Waals surface area contributed by atoms with Crippen molar-refractivity contribution >= 4 is 28.8 Å². The highest BCUT2D eigenvalue weighted by Gasteiger charge is 2.13. The molecule has 2 N–H and O–H groups in total. The van der Waals surface area contributed by atoms with Crippen LogP contribution in [-0.4, -0.2) is 4.98 Å². The van der Waals surface area contributed by atoms with Crippen LogP contribution in [0, 0.1) is 5.82 Å². The zero-order valence-corrected chi connectivity index (χ0v) is 8.57. The number of nitrogen functional groups attached to an aromatic ring is 1. The fourth-order valence-electron chi connectivity index (χ4n) is 1.16. The highest BCUT2D eigenvalue weighted by Crippen LogP contribution is 2.36.